The monoisotopic (exact) mass is 313 g/mol. The maximum absolute atomic E-state index is 6.10. The molecule has 0 bridgehead atoms. The van der Waals surface area contributed by atoms with Crippen LogP contribution in [-0.4, -0.2) is 12.1 Å². The van der Waals surface area contributed by atoms with Crippen molar-refractivity contribution < 1.29 is 9.47 Å². The number of nitrogens with zero attached hydrogens (tertiary/aromatic N) is 1. The third-order valence-electron chi connectivity index (χ3n) is 4.52. The molecule has 116 valence electrons. The molecule has 1 aliphatic rings. The Morgan fingerprint density at radius 1 is 0.917 bits per heavy atom. The molecule has 1 aromatic heterocycles. The van der Waals surface area contributed by atoms with Crippen molar-refractivity contribution in [3.8, 4) is 22.8 Å². The summed E-state index contributed by atoms with van der Waals surface area (Å²) in [5.41, 5.74) is 4.14. The second kappa shape index (κ2) is 5.05. The zero-order valence-corrected chi connectivity index (χ0v) is 13.2. The van der Waals surface area contributed by atoms with Gasteiger partial charge in [0.05, 0.1) is 23.2 Å². The summed E-state index contributed by atoms with van der Waals surface area (Å²) in [7, 11) is 1.71. The maximum atomic E-state index is 6.10. The van der Waals surface area contributed by atoms with E-state index in [0.717, 1.165) is 44.6 Å². The van der Waals surface area contributed by atoms with Crippen LogP contribution in [0.3, 0.4) is 0 Å². The zero-order chi connectivity index (χ0) is 16.1. The Kier molecular flexibility index (Phi) is 2.84. The van der Waals surface area contributed by atoms with E-state index in [0.29, 0.717) is 6.61 Å². The van der Waals surface area contributed by atoms with E-state index in [2.05, 4.69) is 30.3 Å². The van der Waals surface area contributed by atoms with Crippen LogP contribution in [0.15, 0.2) is 60.7 Å². The molecule has 0 fully saturated rings. The number of rotatable bonds is 2. The van der Waals surface area contributed by atoms with Crippen LogP contribution < -0.4 is 4.74 Å². The van der Waals surface area contributed by atoms with Crippen molar-refractivity contribution in [2.45, 2.75) is 6.61 Å². The molecule has 5 rings (SSSR count). The summed E-state index contributed by atoms with van der Waals surface area (Å²) in [6.45, 7) is 0.588. The summed E-state index contributed by atoms with van der Waals surface area (Å²) in [6, 6.07) is 20.6. The van der Waals surface area contributed by atoms with Crippen molar-refractivity contribution in [1.82, 2.24) is 4.98 Å². The number of fused-ring (bicyclic) bond motifs is 4. The Bertz CT molecular complexity index is 1100. The second-order valence-electron chi connectivity index (χ2n) is 6.02. The van der Waals surface area contributed by atoms with Gasteiger partial charge in [0.2, 0.25) is 0 Å². The number of hydrogen-bond donors (Lipinski definition) is 0. The van der Waals surface area contributed by atoms with E-state index in [4.69, 9.17) is 14.5 Å². The van der Waals surface area contributed by atoms with Crippen LogP contribution in [0.25, 0.3) is 32.9 Å². The Balaban J connectivity index is 1.92. The average Bonchev–Trinajstić information content (AvgIpc) is 2.62. The van der Waals surface area contributed by atoms with Gasteiger partial charge in [-0.3, -0.25) is 0 Å². The van der Waals surface area contributed by atoms with Crippen LogP contribution in [0.1, 0.15) is 5.56 Å². The highest BCUT2D eigenvalue weighted by atomic mass is 16.5. The molecule has 3 nitrogen and oxygen atoms in total. The first-order valence-corrected chi connectivity index (χ1v) is 7.97. The molecule has 2 heterocycles. The lowest BCUT2D eigenvalue weighted by Gasteiger charge is -2.21. The molecule has 0 spiro atoms. The van der Waals surface area contributed by atoms with Gasteiger partial charge in [-0.05, 0) is 35.2 Å². The molecule has 24 heavy (non-hydrogen) atoms. The fourth-order valence-electron chi connectivity index (χ4n) is 3.48. The van der Waals surface area contributed by atoms with Crippen molar-refractivity contribution in [2.75, 3.05) is 7.11 Å². The highest BCUT2D eigenvalue weighted by Crippen LogP contribution is 2.46. The van der Waals surface area contributed by atoms with Crippen LogP contribution in [0.5, 0.6) is 11.5 Å². The number of methoxy groups -OCH3 is 1. The van der Waals surface area contributed by atoms with E-state index in [9.17, 15) is 0 Å². The number of hydrogen-bond acceptors (Lipinski definition) is 3. The van der Waals surface area contributed by atoms with E-state index in [1.807, 2.05) is 30.3 Å². The summed E-state index contributed by atoms with van der Waals surface area (Å²) >= 11 is 0. The molecule has 0 aliphatic carbocycles. The predicted octanol–water partition coefficient (Wildman–Crippen LogP) is 5.31. The highest BCUT2D eigenvalue weighted by Gasteiger charge is 2.22. The molecule has 0 radical (unpaired) electrons. The predicted molar refractivity (Wildman–Crippen MR) is 95.5 cm³/mol. The van der Waals surface area contributed by atoms with Gasteiger partial charge in [-0.2, -0.15) is 0 Å². The minimum Gasteiger partial charge on any atom is -0.456 e. The van der Waals surface area contributed by atoms with E-state index >= 15 is 0 Å². The number of ether oxygens (including phenoxy) is 2. The third kappa shape index (κ3) is 1.85. The third-order valence-corrected chi connectivity index (χ3v) is 4.52. The van der Waals surface area contributed by atoms with E-state index < -0.39 is 0 Å². The molecule has 0 saturated carbocycles. The Labute approximate surface area is 139 Å². The van der Waals surface area contributed by atoms with Gasteiger partial charge in [-0.15, -0.1) is 0 Å². The van der Waals surface area contributed by atoms with Crippen molar-refractivity contribution in [3.05, 3.63) is 66.2 Å². The molecular weight excluding hydrogens is 298 g/mol. The molecule has 0 saturated heterocycles. The quantitative estimate of drug-likeness (QED) is 0.414. The summed E-state index contributed by atoms with van der Waals surface area (Å²) in [5.74, 6) is 1.73. The van der Waals surface area contributed by atoms with Gasteiger partial charge in [0.1, 0.15) is 11.5 Å². The van der Waals surface area contributed by atoms with Crippen LogP contribution in [-0.2, 0) is 11.3 Å². The molecule has 0 amide bonds. The first kappa shape index (κ1) is 13.5. The van der Waals surface area contributed by atoms with Gasteiger partial charge < -0.3 is 9.47 Å². The fourth-order valence-corrected chi connectivity index (χ4v) is 3.48. The standard InChI is InChI=1S/C21H15NO2/c1-23-12-13-9-10-14-15-6-4-8-19-20(15)21(22-17(14)11-13)16-5-2-3-7-18(16)24-19/h2-11H,12H2,1H3. The molecule has 4 aromatic rings. The largest absolute Gasteiger partial charge is 0.456 e. The van der Waals surface area contributed by atoms with E-state index in [1.165, 1.54) is 5.39 Å². The minimum atomic E-state index is 0.588. The summed E-state index contributed by atoms with van der Waals surface area (Å²) < 4.78 is 11.4. The van der Waals surface area contributed by atoms with Gasteiger partial charge in [-0.1, -0.05) is 36.4 Å². The van der Waals surface area contributed by atoms with Crippen LogP contribution in [0, 0.1) is 0 Å². The fraction of sp³-hybridized carbons (Fsp3) is 0.0952. The van der Waals surface area contributed by atoms with E-state index in [1.54, 1.807) is 7.11 Å². The number of benzene rings is 3. The molecule has 3 aromatic carbocycles. The van der Waals surface area contributed by atoms with Crippen LogP contribution in [0.2, 0.25) is 0 Å². The molecule has 1 aliphatic heterocycles. The SMILES string of the molecule is COCc1ccc2c(c1)nc1c3c(cccc32)Oc2ccccc2-1. The van der Waals surface area contributed by atoms with Crippen molar-refractivity contribution >= 4 is 21.7 Å². The number of para-hydroxylation sites is 1. The van der Waals surface area contributed by atoms with Crippen LogP contribution in [0.4, 0.5) is 0 Å². The van der Waals surface area contributed by atoms with E-state index in [-0.39, 0.29) is 0 Å². The van der Waals surface area contributed by atoms with Gasteiger partial charge >= 0.3 is 0 Å². The zero-order valence-electron chi connectivity index (χ0n) is 13.2. The first-order valence-electron chi connectivity index (χ1n) is 7.97. The van der Waals surface area contributed by atoms with Gasteiger partial charge in [0.25, 0.3) is 0 Å². The van der Waals surface area contributed by atoms with Gasteiger partial charge in [-0.25, -0.2) is 4.98 Å². The Morgan fingerprint density at radius 3 is 2.71 bits per heavy atom. The summed E-state index contributed by atoms with van der Waals surface area (Å²) in [6.07, 6.45) is 0. The summed E-state index contributed by atoms with van der Waals surface area (Å²) in [4.78, 5) is 4.98. The van der Waals surface area contributed by atoms with Crippen molar-refractivity contribution in [1.29, 1.82) is 0 Å². The van der Waals surface area contributed by atoms with Crippen molar-refractivity contribution in [3.63, 3.8) is 0 Å². The Morgan fingerprint density at radius 2 is 1.79 bits per heavy atom. The minimum absolute atomic E-state index is 0.588. The second-order valence-corrected chi connectivity index (χ2v) is 6.02. The van der Waals surface area contributed by atoms with Gasteiger partial charge in [0, 0.05) is 18.1 Å². The molecule has 0 unspecified atom stereocenters. The molecule has 0 atom stereocenters. The summed E-state index contributed by atoms with van der Waals surface area (Å²) in [5, 5.41) is 3.40. The van der Waals surface area contributed by atoms with Crippen LogP contribution >= 0.6 is 0 Å². The number of pyridine rings is 1. The molecule has 0 N–H and O–H groups in total. The normalized spacial score (nSPS) is 12.2. The molecular formula is C21H15NO2. The smallest absolute Gasteiger partial charge is 0.137 e. The average molecular weight is 313 g/mol. The highest BCUT2D eigenvalue weighted by molar-refractivity contribution is 6.14. The first-order chi connectivity index (χ1) is 11.8. The number of aromatic nitrogens is 1. The topological polar surface area (TPSA) is 31.4 Å². The van der Waals surface area contributed by atoms with Gasteiger partial charge in [0.15, 0.2) is 0 Å². The Hall–Kier alpha value is -2.91. The lowest BCUT2D eigenvalue weighted by molar-refractivity contribution is 0.185. The lowest BCUT2D eigenvalue weighted by atomic mass is 9.96. The molecule has 3 heteroatoms. The van der Waals surface area contributed by atoms with Crippen molar-refractivity contribution in [2.24, 2.45) is 0 Å². The maximum Gasteiger partial charge on any atom is 0.137 e. The lowest BCUT2D eigenvalue weighted by Crippen LogP contribution is -2.00.